The van der Waals surface area contributed by atoms with Crippen molar-refractivity contribution in [1.29, 1.82) is 0 Å². The molecule has 1 aliphatic rings. The van der Waals surface area contributed by atoms with Crippen LogP contribution >= 0.6 is 0 Å². The molecular weight excluding hydrogens is 486 g/mol. The predicted octanol–water partition coefficient (Wildman–Crippen LogP) is 5.45. The van der Waals surface area contributed by atoms with Crippen LogP contribution in [0.3, 0.4) is 0 Å². The first-order valence-corrected chi connectivity index (χ1v) is 13.6. The number of carbonyl (C=O) groups excluding carboxylic acids is 1. The molecule has 2 aromatic carbocycles. The fourth-order valence-electron chi connectivity index (χ4n) is 5.35. The molecule has 2 aromatic heterocycles. The summed E-state index contributed by atoms with van der Waals surface area (Å²) in [5, 5.41) is 6.30. The van der Waals surface area contributed by atoms with Crippen LogP contribution in [0.4, 0.5) is 11.6 Å². The van der Waals surface area contributed by atoms with Crippen LogP contribution in [0.1, 0.15) is 42.5 Å². The minimum absolute atomic E-state index is 0.0211. The third-order valence-electron chi connectivity index (χ3n) is 7.25. The number of rotatable bonds is 8. The summed E-state index contributed by atoms with van der Waals surface area (Å²) in [6.45, 7) is 11.4. The number of hydrogen-bond donors (Lipinski definition) is 2. The Hall–Kier alpha value is -4.04. The Bertz CT molecular complexity index is 1420. The van der Waals surface area contributed by atoms with E-state index >= 15 is 0 Å². The second kappa shape index (κ2) is 11.8. The summed E-state index contributed by atoms with van der Waals surface area (Å²) >= 11 is 0. The molecule has 0 radical (unpaired) electrons. The maximum Gasteiger partial charge on any atom is 0.227 e. The van der Waals surface area contributed by atoms with Crippen LogP contribution in [-0.2, 0) is 4.79 Å². The predicted molar refractivity (Wildman–Crippen MR) is 156 cm³/mol. The zero-order chi connectivity index (χ0) is 27.4. The number of nitrogens with zero attached hydrogens (tertiary/aromatic N) is 5. The second-order valence-electron chi connectivity index (χ2n) is 10.5. The van der Waals surface area contributed by atoms with Crippen LogP contribution in [0, 0.1) is 20.8 Å². The number of hydrogen-bond acceptors (Lipinski definition) is 6. The molecule has 2 N–H and O–H groups in total. The van der Waals surface area contributed by atoms with E-state index in [1.165, 1.54) is 16.7 Å². The van der Waals surface area contributed by atoms with E-state index in [0.717, 1.165) is 60.8 Å². The van der Waals surface area contributed by atoms with Gasteiger partial charge < -0.3 is 20.1 Å². The quantitative estimate of drug-likeness (QED) is 0.319. The van der Waals surface area contributed by atoms with E-state index in [2.05, 4.69) is 88.3 Å². The van der Waals surface area contributed by atoms with Gasteiger partial charge in [-0.3, -0.25) is 4.79 Å². The topological polar surface area (TPSA) is 88.0 Å². The lowest BCUT2D eigenvalue weighted by atomic mass is 10.0. The van der Waals surface area contributed by atoms with Gasteiger partial charge in [0.25, 0.3) is 0 Å². The molecule has 4 aromatic rings. The van der Waals surface area contributed by atoms with E-state index in [4.69, 9.17) is 9.97 Å². The summed E-state index contributed by atoms with van der Waals surface area (Å²) in [6, 6.07) is 17.2. The maximum atomic E-state index is 11.2. The summed E-state index contributed by atoms with van der Waals surface area (Å²) in [7, 11) is 0. The van der Waals surface area contributed by atoms with Crippen molar-refractivity contribution in [2.75, 3.05) is 31.5 Å². The van der Waals surface area contributed by atoms with Crippen molar-refractivity contribution < 1.29 is 4.79 Å². The van der Waals surface area contributed by atoms with Crippen LogP contribution in [0.5, 0.6) is 0 Å². The number of imidazole rings is 1. The number of aryl methyl sites for hydroxylation is 3. The molecule has 202 valence electrons. The Kier molecular flexibility index (Phi) is 8.02. The first-order valence-electron chi connectivity index (χ1n) is 13.6. The van der Waals surface area contributed by atoms with E-state index in [9.17, 15) is 4.79 Å². The minimum Gasteiger partial charge on any atom is -0.355 e. The van der Waals surface area contributed by atoms with E-state index in [-0.39, 0.29) is 5.91 Å². The zero-order valence-corrected chi connectivity index (χ0v) is 23.2. The average molecular weight is 524 g/mol. The van der Waals surface area contributed by atoms with Gasteiger partial charge in [-0.15, -0.1) is 0 Å². The standard InChI is InChI=1S/C31H37N7O/c1-21-5-7-25(8-6-21)29-30(28-9-12-33-31(36-28)35-26-18-22(2)17-23(3)19-26)38(20-34-29)27-10-14-37(15-11-27)16-13-32-24(4)39/h5-9,12,17-20,27H,10-11,13-16H2,1-4H3,(H,32,39)(H,33,35,36). The lowest BCUT2D eigenvalue weighted by molar-refractivity contribution is -0.119. The Balaban J connectivity index is 1.45. The summed E-state index contributed by atoms with van der Waals surface area (Å²) in [6.07, 6.45) is 5.81. The number of nitrogens with one attached hydrogen (secondary N) is 2. The number of anilines is 2. The third-order valence-corrected chi connectivity index (χ3v) is 7.25. The molecule has 0 spiro atoms. The lowest BCUT2D eigenvalue weighted by Gasteiger charge is -2.33. The Morgan fingerprint density at radius 3 is 2.36 bits per heavy atom. The van der Waals surface area contributed by atoms with Crippen molar-refractivity contribution in [3.05, 3.63) is 77.7 Å². The van der Waals surface area contributed by atoms with Gasteiger partial charge in [0.15, 0.2) is 0 Å². The molecule has 0 bridgehead atoms. The molecule has 0 saturated carbocycles. The van der Waals surface area contributed by atoms with Gasteiger partial charge in [-0.1, -0.05) is 35.9 Å². The fourth-order valence-corrected chi connectivity index (χ4v) is 5.35. The van der Waals surface area contributed by atoms with Gasteiger partial charge in [-0.05, 0) is 62.9 Å². The third kappa shape index (κ3) is 6.52. The van der Waals surface area contributed by atoms with Gasteiger partial charge in [0, 0.05) is 56.6 Å². The highest BCUT2D eigenvalue weighted by molar-refractivity contribution is 5.77. The Labute approximate surface area is 230 Å². The number of piperidine rings is 1. The van der Waals surface area contributed by atoms with Crippen LogP contribution in [0.2, 0.25) is 0 Å². The van der Waals surface area contributed by atoms with Gasteiger partial charge in [-0.2, -0.15) is 0 Å². The van der Waals surface area contributed by atoms with Crippen molar-refractivity contribution in [3.8, 4) is 22.6 Å². The fraction of sp³-hybridized carbons (Fsp3) is 0.355. The lowest BCUT2D eigenvalue weighted by Crippen LogP contribution is -2.39. The molecule has 39 heavy (non-hydrogen) atoms. The molecule has 0 unspecified atom stereocenters. The molecule has 8 nitrogen and oxygen atoms in total. The highest BCUT2D eigenvalue weighted by Gasteiger charge is 2.26. The first-order chi connectivity index (χ1) is 18.9. The zero-order valence-electron chi connectivity index (χ0n) is 23.2. The van der Waals surface area contributed by atoms with Crippen LogP contribution in [0.15, 0.2) is 61.1 Å². The smallest absolute Gasteiger partial charge is 0.227 e. The van der Waals surface area contributed by atoms with E-state index in [0.29, 0.717) is 18.5 Å². The summed E-state index contributed by atoms with van der Waals surface area (Å²) in [5.74, 6) is 0.584. The van der Waals surface area contributed by atoms with Crippen molar-refractivity contribution in [2.24, 2.45) is 0 Å². The highest BCUT2D eigenvalue weighted by Crippen LogP contribution is 2.35. The van der Waals surface area contributed by atoms with Gasteiger partial charge in [-0.25, -0.2) is 15.0 Å². The van der Waals surface area contributed by atoms with Gasteiger partial charge in [0.05, 0.1) is 23.4 Å². The number of carbonyl (C=O) groups is 1. The molecular formula is C31H37N7O. The maximum absolute atomic E-state index is 11.2. The highest BCUT2D eigenvalue weighted by atomic mass is 16.1. The summed E-state index contributed by atoms with van der Waals surface area (Å²) in [4.78, 5) is 28.1. The van der Waals surface area contributed by atoms with Crippen LogP contribution in [0.25, 0.3) is 22.6 Å². The van der Waals surface area contributed by atoms with Crippen molar-refractivity contribution in [2.45, 2.75) is 46.6 Å². The van der Waals surface area contributed by atoms with Crippen LogP contribution in [-0.4, -0.2) is 56.5 Å². The molecule has 1 saturated heterocycles. The number of aromatic nitrogens is 4. The molecule has 1 fully saturated rings. The van der Waals surface area contributed by atoms with Crippen molar-refractivity contribution in [1.82, 2.24) is 29.7 Å². The first kappa shape index (κ1) is 26.6. The molecule has 1 amide bonds. The molecule has 0 aliphatic carbocycles. The Morgan fingerprint density at radius 1 is 0.949 bits per heavy atom. The second-order valence-corrected chi connectivity index (χ2v) is 10.5. The van der Waals surface area contributed by atoms with E-state index < -0.39 is 0 Å². The van der Waals surface area contributed by atoms with Crippen LogP contribution < -0.4 is 10.6 Å². The monoisotopic (exact) mass is 523 g/mol. The molecule has 1 aliphatic heterocycles. The van der Waals surface area contributed by atoms with E-state index in [1.54, 1.807) is 6.92 Å². The van der Waals surface area contributed by atoms with Gasteiger partial charge in [0.2, 0.25) is 11.9 Å². The largest absolute Gasteiger partial charge is 0.355 e. The number of amides is 1. The number of benzene rings is 2. The van der Waals surface area contributed by atoms with Gasteiger partial charge in [0.1, 0.15) is 0 Å². The summed E-state index contributed by atoms with van der Waals surface area (Å²) < 4.78 is 2.31. The van der Waals surface area contributed by atoms with Gasteiger partial charge >= 0.3 is 0 Å². The van der Waals surface area contributed by atoms with Crippen molar-refractivity contribution >= 4 is 17.5 Å². The molecule has 5 rings (SSSR count). The SMILES string of the molecule is CC(=O)NCCN1CCC(n2cnc(-c3ccc(C)cc3)c2-c2ccnc(Nc3cc(C)cc(C)c3)n2)CC1. The molecule has 8 heteroatoms. The van der Waals surface area contributed by atoms with E-state index in [1.807, 2.05) is 18.6 Å². The normalized spacial score (nSPS) is 14.4. The summed E-state index contributed by atoms with van der Waals surface area (Å²) in [5.41, 5.74) is 8.44. The minimum atomic E-state index is 0.0211. The molecule has 0 atom stereocenters. The average Bonchev–Trinajstić information content (AvgIpc) is 3.34. The Morgan fingerprint density at radius 2 is 1.67 bits per heavy atom. The number of likely N-dealkylation sites (tertiary alicyclic amines) is 1. The van der Waals surface area contributed by atoms with Crippen molar-refractivity contribution in [3.63, 3.8) is 0 Å². The molecule has 3 heterocycles.